The first kappa shape index (κ1) is 10.1. The monoisotopic (exact) mass is 256 g/mol. The molecule has 0 aromatic carbocycles. The normalized spacial score (nSPS) is 31.2. The molecule has 0 unspecified atom stereocenters. The molecule has 1 aliphatic rings. The van der Waals surface area contributed by atoms with Crippen LogP contribution < -0.4 is 0 Å². The van der Waals surface area contributed by atoms with Gasteiger partial charge in [-0.25, -0.2) is 9.97 Å². The van der Waals surface area contributed by atoms with Crippen LogP contribution in [0.4, 0.5) is 0 Å². The Morgan fingerprint density at radius 1 is 1.43 bits per heavy atom. The number of aromatic nitrogens is 2. The number of halogens is 1. The number of methoxy groups -OCH3 is 1. The highest BCUT2D eigenvalue weighted by molar-refractivity contribution is 9.10. The molecule has 1 aromatic heterocycles. The van der Waals surface area contributed by atoms with Gasteiger partial charge >= 0.3 is 0 Å². The second-order valence-electron chi connectivity index (χ2n) is 4.02. The third kappa shape index (κ3) is 1.81. The van der Waals surface area contributed by atoms with Gasteiger partial charge in [0.1, 0.15) is 5.82 Å². The Balaban J connectivity index is 2.03. The molecule has 1 heterocycles. The van der Waals surface area contributed by atoms with E-state index in [1.54, 1.807) is 19.5 Å². The van der Waals surface area contributed by atoms with Crippen molar-refractivity contribution < 1.29 is 4.74 Å². The van der Waals surface area contributed by atoms with E-state index in [0.29, 0.717) is 5.92 Å². The van der Waals surface area contributed by atoms with E-state index in [1.165, 1.54) is 0 Å². The van der Waals surface area contributed by atoms with E-state index in [4.69, 9.17) is 4.74 Å². The van der Waals surface area contributed by atoms with Gasteiger partial charge in [-0.15, -0.1) is 0 Å². The minimum Gasteiger partial charge on any atom is -0.378 e. The minimum absolute atomic E-state index is 0.0428. The van der Waals surface area contributed by atoms with E-state index in [9.17, 15) is 0 Å². The highest BCUT2D eigenvalue weighted by Gasteiger charge is 2.42. The Labute approximate surface area is 92.0 Å². The van der Waals surface area contributed by atoms with Crippen molar-refractivity contribution in [3.63, 3.8) is 0 Å². The molecule has 4 heteroatoms. The molecule has 1 saturated carbocycles. The molecule has 0 atom stereocenters. The summed E-state index contributed by atoms with van der Waals surface area (Å²) in [6.45, 7) is 2.13. The maximum atomic E-state index is 5.38. The van der Waals surface area contributed by atoms with Gasteiger partial charge in [0.25, 0.3) is 0 Å². The van der Waals surface area contributed by atoms with Gasteiger partial charge in [0.05, 0.1) is 10.1 Å². The Morgan fingerprint density at radius 3 is 2.50 bits per heavy atom. The number of nitrogens with zero attached hydrogens (tertiary/aromatic N) is 2. The minimum atomic E-state index is 0.0428. The van der Waals surface area contributed by atoms with Crippen LogP contribution in [-0.4, -0.2) is 22.7 Å². The third-order valence-corrected chi connectivity index (χ3v) is 3.26. The van der Waals surface area contributed by atoms with Crippen molar-refractivity contribution in [1.82, 2.24) is 9.97 Å². The maximum Gasteiger partial charge on any atom is 0.131 e. The second-order valence-corrected chi connectivity index (χ2v) is 4.93. The first-order valence-corrected chi connectivity index (χ1v) is 5.45. The van der Waals surface area contributed by atoms with Gasteiger partial charge < -0.3 is 4.74 Å². The summed E-state index contributed by atoms with van der Waals surface area (Å²) in [7, 11) is 1.76. The van der Waals surface area contributed by atoms with Crippen molar-refractivity contribution in [3.05, 3.63) is 22.7 Å². The smallest absolute Gasteiger partial charge is 0.131 e. The molecule has 1 fully saturated rings. The van der Waals surface area contributed by atoms with Gasteiger partial charge in [-0.3, -0.25) is 0 Å². The van der Waals surface area contributed by atoms with Gasteiger partial charge in [0.2, 0.25) is 0 Å². The SMILES string of the molecule is COC1(C)CC(c2ncc(Br)cn2)C1. The summed E-state index contributed by atoms with van der Waals surface area (Å²) < 4.78 is 6.31. The van der Waals surface area contributed by atoms with Crippen LogP contribution in [0.1, 0.15) is 31.5 Å². The topological polar surface area (TPSA) is 35.0 Å². The van der Waals surface area contributed by atoms with E-state index >= 15 is 0 Å². The molecule has 0 saturated heterocycles. The summed E-state index contributed by atoms with van der Waals surface area (Å²) in [6, 6.07) is 0. The summed E-state index contributed by atoms with van der Waals surface area (Å²) in [6.07, 6.45) is 5.63. The lowest BCUT2D eigenvalue weighted by Crippen LogP contribution is -2.41. The fraction of sp³-hybridized carbons (Fsp3) is 0.600. The summed E-state index contributed by atoms with van der Waals surface area (Å²) in [4.78, 5) is 8.57. The van der Waals surface area contributed by atoms with E-state index in [0.717, 1.165) is 23.1 Å². The van der Waals surface area contributed by atoms with Crippen LogP contribution in [0.5, 0.6) is 0 Å². The first-order chi connectivity index (χ1) is 6.63. The van der Waals surface area contributed by atoms with E-state index in [1.807, 2.05) is 0 Å². The maximum absolute atomic E-state index is 5.38. The summed E-state index contributed by atoms with van der Waals surface area (Å²) in [5.74, 6) is 1.40. The van der Waals surface area contributed by atoms with Gasteiger partial charge in [-0.05, 0) is 35.7 Å². The Kier molecular flexibility index (Phi) is 2.58. The summed E-state index contributed by atoms with van der Waals surface area (Å²) >= 11 is 3.32. The third-order valence-electron chi connectivity index (χ3n) is 2.85. The average Bonchev–Trinajstić information content (AvgIpc) is 2.15. The van der Waals surface area contributed by atoms with Crippen molar-refractivity contribution in [1.29, 1.82) is 0 Å². The van der Waals surface area contributed by atoms with E-state index < -0.39 is 0 Å². The van der Waals surface area contributed by atoms with Crippen LogP contribution >= 0.6 is 15.9 Å². The van der Waals surface area contributed by atoms with Gasteiger partial charge in [0, 0.05) is 25.4 Å². The fourth-order valence-electron chi connectivity index (χ4n) is 1.86. The molecule has 14 heavy (non-hydrogen) atoms. The molecule has 0 bridgehead atoms. The van der Waals surface area contributed by atoms with Gasteiger partial charge in [0.15, 0.2) is 0 Å². The number of ether oxygens (including phenoxy) is 1. The molecule has 3 nitrogen and oxygen atoms in total. The van der Waals surface area contributed by atoms with Crippen LogP contribution in [0, 0.1) is 0 Å². The lowest BCUT2D eigenvalue weighted by atomic mass is 9.71. The standard InChI is InChI=1S/C10H13BrN2O/c1-10(14-2)3-7(4-10)9-12-5-8(11)6-13-9/h5-7H,3-4H2,1-2H3. The number of hydrogen-bond donors (Lipinski definition) is 0. The molecule has 1 aliphatic carbocycles. The molecule has 76 valence electrons. The van der Waals surface area contributed by atoms with Crippen molar-refractivity contribution in [2.75, 3.05) is 7.11 Å². The fourth-order valence-corrected chi connectivity index (χ4v) is 2.07. The Morgan fingerprint density at radius 2 is 2.00 bits per heavy atom. The molecule has 2 rings (SSSR count). The van der Waals surface area contributed by atoms with E-state index in [-0.39, 0.29) is 5.60 Å². The highest BCUT2D eigenvalue weighted by Crippen LogP contribution is 2.45. The van der Waals surface area contributed by atoms with Crippen LogP contribution in [0.25, 0.3) is 0 Å². The lowest BCUT2D eigenvalue weighted by molar-refractivity contribution is -0.0707. The second kappa shape index (κ2) is 3.59. The molecule has 1 aromatic rings. The van der Waals surface area contributed by atoms with Gasteiger partial charge in [-0.1, -0.05) is 0 Å². The molecule has 0 aliphatic heterocycles. The zero-order valence-corrected chi connectivity index (χ0v) is 9.91. The molecular weight excluding hydrogens is 244 g/mol. The molecule has 0 N–H and O–H groups in total. The van der Waals surface area contributed by atoms with Crippen molar-refractivity contribution in [2.24, 2.45) is 0 Å². The summed E-state index contributed by atoms with van der Waals surface area (Å²) in [5, 5.41) is 0. The molecular formula is C10H13BrN2O. The zero-order valence-electron chi connectivity index (χ0n) is 8.33. The Hall–Kier alpha value is -0.480. The highest BCUT2D eigenvalue weighted by atomic mass is 79.9. The predicted molar refractivity (Wildman–Crippen MR) is 57.1 cm³/mol. The Bertz CT molecular complexity index is 319. The number of rotatable bonds is 2. The first-order valence-electron chi connectivity index (χ1n) is 4.65. The van der Waals surface area contributed by atoms with Crippen molar-refractivity contribution in [2.45, 2.75) is 31.3 Å². The van der Waals surface area contributed by atoms with Crippen LogP contribution in [0.15, 0.2) is 16.9 Å². The molecule has 0 amide bonds. The van der Waals surface area contributed by atoms with Crippen LogP contribution in [-0.2, 0) is 4.74 Å². The largest absolute Gasteiger partial charge is 0.378 e. The van der Waals surface area contributed by atoms with Crippen molar-refractivity contribution in [3.8, 4) is 0 Å². The van der Waals surface area contributed by atoms with Crippen LogP contribution in [0.2, 0.25) is 0 Å². The van der Waals surface area contributed by atoms with Crippen molar-refractivity contribution >= 4 is 15.9 Å². The zero-order chi connectivity index (χ0) is 10.2. The average molecular weight is 257 g/mol. The number of hydrogen-bond acceptors (Lipinski definition) is 3. The van der Waals surface area contributed by atoms with Crippen LogP contribution in [0.3, 0.4) is 0 Å². The predicted octanol–water partition coefficient (Wildman–Crippen LogP) is 2.52. The van der Waals surface area contributed by atoms with Gasteiger partial charge in [-0.2, -0.15) is 0 Å². The van der Waals surface area contributed by atoms with E-state index in [2.05, 4.69) is 32.8 Å². The quantitative estimate of drug-likeness (QED) is 0.816. The summed E-state index contributed by atoms with van der Waals surface area (Å²) in [5.41, 5.74) is 0.0428. The molecule has 0 radical (unpaired) electrons. The lowest BCUT2D eigenvalue weighted by Gasteiger charge is -2.43. The molecule has 0 spiro atoms.